The summed E-state index contributed by atoms with van der Waals surface area (Å²) in [6.45, 7) is 0.447. The van der Waals surface area contributed by atoms with Crippen LogP contribution in [0.2, 0.25) is 10.0 Å². The van der Waals surface area contributed by atoms with E-state index in [1.54, 1.807) is 24.3 Å². The molecule has 0 fully saturated rings. The molecule has 0 aliphatic carbocycles. The van der Waals surface area contributed by atoms with Gasteiger partial charge in [0.2, 0.25) is 0 Å². The molecule has 4 rings (SSSR count). The Labute approximate surface area is 211 Å². The smallest absolute Gasteiger partial charge is 0.261 e. The lowest BCUT2D eigenvalue weighted by Gasteiger charge is -2.11. The number of nitriles is 1. The number of nitrogens with one attached hydrogen (secondary N) is 2. The highest BCUT2D eigenvalue weighted by molar-refractivity contribution is 6.37. The van der Waals surface area contributed by atoms with Crippen LogP contribution >= 0.6 is 23.2 Å². The summed E-state index contributed by atoms with van der Waals surface area (Å²) in [5, 5.41) is 13.8. The number of aromatic amines is 1. The first-order valence-corrected chi connectivity index (χ1v) is 11.5. The first-order chi connectivity index (χ1) is 16.9. The number of nitrogens with zero attached hydrogens (tertiary/aromatic N) is 1. The minimum Gasteiger partial charge on any atom is -0.486 e. The van der Waals surface area contributed by atoms with E-state index in [4.69, 9.17) is 27.9 Å². The van der Waals surface area contributed by atoms with Crippen LogP contribution in [0.3, 0.4) is 0 Å². The first-order valence-electron chi connectivity index (χ1n) is 10.8. The predicted molar refractivity (Wildman–Crippen MR) is 136 cm³/mol. The minimum atomic E-state index is -0.494. The third kappa shape index (κ3) is 6.02. The van der Waals surface area contributed by atoms with Gasteiger partial charge in [-0.15, -0.1) is 0 Å². The molecule has 0 atom stereocenters. The summed E-state index contributed by atoms with van der Waals surface area (Å²) >= 11 is 12.7. The molecule has 0 bridgehead atoms. The highest BCUT2D eigenvalue weighted by atomic mass is 35.5. The number of carbonyl (C=O) groups excluding carboxylic acids is 1. The topological polar surface area (TPSA) is 77.9 Å². The van der Waals surface area contributed by atoms with Crippen molar-refractivity contribution in [2.24, 2.45) is 0 Å². The Bertz CT molecular complexity index is 1430. The van der Waals surface area contributed by atoms with Crippen LogP contribution in [-0.2, 0) is 17.8 Å². The van der Waals surface area contributed by atoms with Crippen LogP contribution in [-0.4, -0.2) is 17.4 Å². The maximum atomic E-state index is 13.4. The molecule has 1 amide bonds. The van der Waals surface area contributed by atoms with Gasteiger partial charge in [-0.05, 0) is 59.5 Å². The number of hydrogen-bond donors (Lipinski definition) is 2. The number of aromatic nitrogens is 1. The van der Waals surface area contributed by atoms with E-state index in [1.807, 2.05) is 36.5 Å². The van der Waals surface area contributed by atoms with Gasteiger partial charge < -0.3 is 15.0 Å². The van der Waals surface area contributed by atoms with E-state index < -0.39 is 5.91 Å². The second kappa shape index (κ2) is 11.1. The van der Waals surface area contributed by atoms with Crippen molar-refractivity contribution in [3.05, 3.63) is 105 Å². The molecule has 1 heterocycles. The summed E-state index contributed by atoms with van der Waals surface area (Å²) in [7, 11) is 0. The Morgan fingerprint density at radius 3 is 2.63 bits per heavy atom. The Morgan fingerprint density at radius 1 is 1.11 bits per heavy atom. The summed E-state index contributed by atoms with van der Waals surface area (Å²) in [6, 6.07) is 18.9. The van der Waals surface area contributed by atoms with Crippen molar-refractivity contribution in [3.8, 4) is 11.8 Å². The number of carbonyl (C=O) groups is 1. The number of amides is 1. The second-order valence-corrected chi connectivity index (χ2v) is 8.58. The van der Waals surface area contributed by atoms with Crippen LogP contribution in [0.5, 0.6) is 5.75 Å². The monoisotopic (exact) mass is 507 g/mol. The molecule has 4 aromatic rings. The number of ether oxygens (including phenoxy) is 1. The Kier molecular flexibility index (Phi) is 7.71. The van der Waals surface area contributed by atoms with E-state index in [0.717, 1.165) is 16.5 Å². The maximum Gasteiger partial charge on any atom is 0.261 e. The summed E-state index contributed by atoms with van der Waals surface area (Å²) in [4.78, 5) is 15.8. The lowest BCUT2D eigenvalue weighted by molar-refractivity contribution is -0.117. The SMILES string of the molecule is N#C/C(=C/c1cc(Cl)c(OCc2cccc(F)c2)c(Cl)c1)C(=O)NCCc1c[nH]c2ccccc12. The van der Waals surface area contributed by atoms with Crippen LogP contribution < -0.4 is 10.1 Å². The molecule has 0 unspecified atom stereocenters. The van der Waals surface area contributed by atoms with Gasteiger partial charge in [0, 0.05) is 23.6 Å². The predicted octanol–water partition coefficient (Wildman–Crippen LogP) is 6.46. The molecular formula is C27H20Cl2FN3O2. The largest absolute Gasteiger partial charge is 0.486 e. The van der Waals surface area contributed by atoms with E-state index in [-0.39, 0.29) is 33.8 Å². The van der Waals surface area contributed by atoms with Gasteiger partial charge in [0.05, 0.1) is 10.0 Å². The first kappa shape index (κ1) is 24.3. The fourth-order valence-corrected chi connectivity index (χ4v) is 4.26. The number of halogens is 3. The fraction of sp³-hybridized carbons (Fsp3) is 0.111. The number of H-pyrrole nitrogens is 1. The normalized spacial score (nSPS) is 11.3. The highest BCUT2D eigenvalue weighted by Crippen LogP contribution is 2.35. The van der Waals surface area contributed by atoms with E-state index in [1.165, 1.54) is 18.2 Å². The summed E-state index contributed by atoms with van der Waals surface area (Å²) in [6.07, 6.45) is 3.94. The van der Waals surface area contributed by atoms with Gasteiger partial charge in [0.25, 0.3) is 5.91 Å². The van der Waals surface area contributed by atoms with E-state index in [2.05, 4.69) is 10.3 Å². The van der Waals surface area contributed by atoms with Crippen molar-refractivity contribution in [1.29, 1.82) is 5.26 Å². The quantitative estimate of drug-likeness (QED) is 0.212. The zero-order valence-corrected chi connectivity index (χ0v) is 20.0. The van der Waals surface area contributed by atoms with Crippen molar-refractivity contribution in [3.63, 3.8) is 0 Å². The van der Waals surface area contributed by atoms with Crippen molar-refractivity contribution in [1.82, 2.24) is 10.3 Å². The number of para-hydroxylation sites is 1. The molecule has 176 valence electrons. The third-order valence-electron chi connectivity index (χ3n) is 5.32. The molecular weight excluding hydrogens is 488 g/mol. The number of benzene rings is 3. The van der Waals surface area contributed by atoms with Crippen LogP contribution in [0.1, 0.15) is 16.7 Å². The average Bonchev–Trinajstić information content (AvgIpc) is 3.25. The van der Waals surface area contributed by atoms with Crippen LogP contribution in [0.25, 0.3) is 17.0 Å². The summed E-state index contributed by atoms with van der Waals surface area (Å²) in [5.41, 5.74) is 3.13. The molecule has 0 radical (unpaired) electrons. The lowest BCUT2D eigenvalue weighted by Crippen LogP contribution is -2.26. The lowest BCUT2D eigenvalue weighted by atomic mass is 10.1. The van der Waals surface area contributed by atoms with Gasteiger partial charge in [0.15, 0.2) is 5.75 Å². The van der Waals surface area contributed by atoms with E-state index >= 15 is 0 Å². The Morgan fingerprint density at radius 2 is 1.89 bits per heavy atom. The van der Waals surface area contributed by atoms with Crippen LogP contribution in [0, 0.1) is 17.1 Å². The van der Waals surface area contributed by atoms with Gasteiger partial charge in [-0.3, -0.25) is 4.79 Å². The van der Waals surface area contributed by atoms with Gasteiger partial charge in [-0.2, -0.15) is 5.26 Å². The van der Waals surface area contributed by atoms with E-state index in [9.17, 15) is 14.4 Å². The third-order valence-corrected chi connectivity index (χ3v) is 5.89. The minimum absolute atomic E-state index is 0.0780. The van der Waals surface area contributed by atoms with Gasteiger partial charge in [0.1, 0.15) is 24.1 Å². The van der Waals surface area contributed by atoms with Crippen LogP contribution in [0.4, 0.5) is 4.39 Å². The van der Waals surface area contributed by atoms with Crippen molar-refractivity contribution in [2.45, 2.75) is 13.0 Å². The molecule has 0 saturated carbocycles. The van der Waals surface area contributed by atoms with Crippen molar-refractivity contribution >= 4 is 46.1 Å². The van der Waals surface area contributed by atoms with Gasteiger partial charge in [-0.25, -0.2) is 4.39 Å². The summed E-state index contributed by atoms with van der Waals surface area (Å²) < 4.78 is 19.0. The molecule has 0 saturated heterocycles. The number of hydrogen-bond acceptors (Lipinski definition) is 3. The molecule has 1 aromatic heterocycles. The highest BCUT2D eigenvalue weighted by Gasteiger charge is 2.13. The molecule has 0 aliphatic heterocycles. The van der Waals surface area contributed by atoms with E-state index in [0.29, 0.717) is 24.1 Å². The second-order valence-electron chi connectivity index (χ2n) is 7.77. The molecule has 35 heavy (non-hydrogen) atoms. The number of rotatable bonds is 8. The van der Waals surface area contributed by atoms with Gasteiger partial charge in [-0.1, -0.05) is 53.5 Å². The summed E-state index contributed by atoms with van der Waals surface area (Å²) in [5.74, 6) is -0.630. The molecule has 8 heteroatoms. The zero-order chi connectivity index (χ0) is 24.8. The molecule has 3 aromatic carbocycles. The van der Waals surface area contributed by atoms with Gasteiger partial charge >= 0.3 is 0 Å². The van der Waals surface area contributed by atoms with Crippen LogP contribution in [0.15, 0.2) is 72.4 Å². The van der Waals surface area contributed by atoms with Crippen molar-refractivity contribution < 1.29 is 13.9 Å². The molecule has 2 N–H and O–H groups in total. The fourth-order valence-electron chi connectivity index (χ4n) is 3.64. The zero-order valence-electron chi connectivity index (χ0n) is 18.4. The number of fused-ring (bicyclic) bond motifs is 1. The Balaban J connectivity index is 1.41. The maximum absolute atomic E-state index is 13.4. The molecule has 5 nitrogen and oxygen atoms in total. The molecule has 0 spiro atoms. The average molecular weight is 508 g/mol. The van der Waals surface area contributed by atoms with Crippen molar-refractivity contribution in [2.75, 3.05) is 6.54 Å². The standard InChI is InChI=1S/C27H20Cl2FN3O2/c28-23-12-18(13-24(29)26(23)35-16-17-4-3-5-21(30)11-17)10-20(14-31)27(34)32-9-8-19-15-33-25-7-2-1-6-22(19)25/h1-7,10-13,15,33H,8-9,16H2,(H,32,34)/b20-10-. The Hall–Kier alpha value is -3.79. The molecule has 0 aliphatic rings.